The van der Waals surface area contributed by atoms with Crippen molar-refractivity contribution in [2.75, 3.05) is 0 Å². The molecule has 0 saturated heterocycles. The molecule has 1 aromatic heterocycles. The van der Waals surface area contributed by atoms with Gasteiger partial charge in [-0.05, 0) is 20.3 Å². The number of aromatic nitrogens is 1. The number of aryl methyl sites for hydroxylation is 1. The molecule has 16 heavy (non-hydrogen) atoms. The summed E-state index contributed by atoms with van der Waals surface area (Å²) in [6.45, 7) is 6.74. The topological polar surface area (TPSA) is 75.3 Å². The lowest BCUT2D eigenvalue weighted by Crippen LogP contribution is -2.44. The van der Waals surface area contributed by atoms with Gasteiger partial charge in [0.15, 0.2) is 0 Å². The largest absolute Gasteiger partial charge is 0.353 e. The van der Waals surface area contributed by atoms with Gasteiger partial charge in [-0.2, -0.15) is 0 Å². The lowest BCUT2D eigenvalue weighted by Gasteiger charge is -2.11. The first-order chi connectivity index (χ1) is 7.65. The van der Waals surface area contributed by atoms with Gasteiger partial charge in [0.1, 0.15) is 5.01 Å². The standard InChI is InChI=1S/C10H19N5S/c1-4-8-5-12-9(16-8)6-13-10(15-11)14-7(2)3/h5,7H,4,6,11H2,1-3H3,(H2,13,14,15). The molecular formula is C10H19N5S. The minimum atomic E-state index is 0.303. The SMILES string of the molecule is CCc1cnc(CN=C(NN)NC(C)C)s1. The van der Waals surface area contributed by atoms with Crippen LogP contribution in [0.2, 0.25) is 0 Å². The van der Waals surface area contributed by atoms with Crippen molar-refractivity contribution < 1.29 is 0 Å². The highest BCUT2D eigenvalue weighted by Gasteiger charge is 2.01. The summed E-state index contributed by atoms with van der Waals surface area (Å²) in [6, 6.07) is 0.303. The van der Waals surface area contributed by atoms with Gasteiger partial charge in [-0.1, -0.05) is 6.92 Å². The van der Waals surface area contributed by atoms with E-state index in [-0.39, 0.29) is 0 Å². The molecule has 5 nitrogen and oxygen atoms in total. The van der Waals surface area contributed by atoms with Crippen molar-refractivity contribution in [1.29, 1.82) is 0 Å². The second-order valence-corrected chi connectivity index (χ2v) is 4.88. The third kappa shape index (κ3) is 4.16. The minimum absolute atomic E-state index is 0.303. The van der Waals surface area contributed by atoms with Gasteiger partial charge in [-0.25, -0.2) is 15.8 Å². The predicted molar refractivity (Wildman–Crippen MR) is 68.2 cm³/mol. The smallest absolute Gasteiger partial charge is 0.206 e. The molecule has 1 rings (SSSR count). The highest BCUT2D eigenvalue weighted by atomic mass is 32.1. The summed E-state index contributed by atoms with van der Waals surface area (Å²) in [5.74, 6) is 5.96. The Morgan fingerprint density at radius 3 is 2.88 bits per heavy atom. The lowest BCUT2D eigenvalue weighted by atomic mass is 10.4. The highest BCUT2D eigenvalue weighted by Crippen LogP contribution is 2.13. The zero-order valence-corrected chi connectivity index (χ0v) is 10.8. The average Bonchev–Trinajstić information content (AvgIpc) is 2.71. The first-order valence-corrected chi connectivity index (χ1v) is 6.18. The second kappa shape index (κ2) is 6.44. The van der Waals surface area contributed by atoms with Crippen molar-refractivity contribution in [2.45, 2.75) is 39.8 Å². The molecule has 0 aliphatic carbocycles. The van der Waals surface area contributed by atoms with E-state index in [1.165, 1.54) is 4.88 Å². The molecule has 0 aromatic carbocycles. The number of rotatable bonds is 4. The zero-order chi connectivity index (χ0) is 12.0. The molecular weight excluding hydrogens is 222 g/mol. The van der Waals surface area contributed by atoms with Gasteiger partial charge in [-0.15, -0.1) is 11.3 Å². The number of hydrogen-bond donors (Lipinski definition) is 3. The molecule has 0 aliphatic heterocycles. The van der Waals surface area contributed by atoms with Gasteiger partial charge in [0.2, 0.25) is 5.96 Å². The van der Waals surface area contributed by atoms with E-state index >= 15 is 0 Å². The van der Waals surface area contributed by atoms with Crippen molar-refractivity contribution in [1.82, 2.24) is 15.7 Å². The molecule has 1 aromatic rings. The molecule has 0 fully saturated rings. The van der Waals surface area contributed by atoms with E-state index in [0.717, 1.165) is 11.4 Å². The van der Waals surface area contributed by atoms with Gasteiger partial charge in [-0.3, -0.25) is 5.43 Å². The summed E-state index contributed by atoms with van der Waals surface area (Å²) in [5.41, 5.74) is 2.54. The number of guanidine groups is 1. The Bertz CT molecular complexity index is 345. The van der Waals surface area contributed by atoms with Gasteiger partial charge in [0.25, 0.3) is 0 Å². The van der Waals surface area contributed by atoms with Crippen molar-refractivity contribution in [2.24, 2.45) is 10.8 Å². The van der Waals surface area contributed by atoms with Crippen LogP contribution in [0, 0.1) is 0 Å². The Morgan fingerprint density at radius 1 is 1.62 bits per heavy atom. The zero-order valence-electron chi connectivity index (χ0n) is 9.95. The molecule has 0 spiro atoms. The summed E-state index contributed by atoms with van der Waals surface area (Å²) in [4.78, 5) is 9.89. The van der Waals surface area contributed by atoms with Crippen LogP contribution in [0.1, 0.15) is 30.7 Å². The quantitative estimate of drug-likeness (QED) is 0.318. The second-order valence-electron chi connectivity index (χ2n) is 3.68. The first kappa shape index (κ1) is 12.9. The molecule has 90 valence electrons. The summed E-state index contributed by atoms with van der Waals surface area (Å²) in [5, 5.41) is 4.12. The van der Waals surface area contributed by atoms with Crippen LogP contribution < -0.4 is 16.6 Å². The van der Waals surface area contributed by atoms with Crippen LogP contribution in [0.3, 0.4) is 0 Å². The Morgan fingerprint density at radius 2 is 2.38 bits per heavy atom. The van der Waals surface area contributed by atoms with E-state index in [9.17, 15) is 0 Å². The molecule has 1 heterocycles. The third-order valence-corrected chi connectivity index (χ3v) is 3.01. The van der Waals surface area contributed by atoms with Crippen molar-refractivity contribution in [3.8, 4) is 0 Å². The number of hydrazine groups is 1. The molecule has 0 aliphatic rings. The van der Waals surface area contributed by atoms with Crippen LogP contribution in [0.15, 0.2) is 11.2 Å². The molecule has 0 unspecified atom stereocenters. The van der Waals surface area contributed by atoms with Gasteiger partial charge in [0.05, 0.1) is 6.54 Å². The number of aliphatic imine (C=N–C) groups is 1. The van der Waals surface area contributed by atoms with Crippen molar-refractivity contribution in [3.05, 3.63) is 16.1 Å². The summed E-state index contributed by atoms with van der Waals surface area (Å²) < 4.78 is 0. The van der Waals surface area contributed by atoms with Gasteiger partial charge < -0.3 is 5.32 Å². The van der Waals surface area contributed by atoms with Gasteiger partial charge >= 0.3 is 0 Å². The number of hydrogen-bond acceptors (Lipinski definition) is 4. The fraction of sp³-hybridized carbons (Fsp3) is 0.600. The normalized spacial score (nSPS) is 11.9. The van der Waals surface area contributed by atoms with E-state index in [2.05, 4.69) is 27.6 Å². The maximum absolute atomic E-state index is 5.36. The Balaban J connectivity index is 2.55. The lowest BCUT2D eigenvalue weighted by molar-refractivity contribution is 0.702. The number of thiazole rings is 1. The van der Waals surface area contributed by atoms with E-state index in [1.807, 2.05) is 20.0 Å². The van der Waals surface area contributed by atoms with E-state index in [0.29, 0.717) is 18.5 Å². The molecule has 6 heteroatoms. The number of nitrogens with zero attached hydrogens (tertiary/aromatic N) is 2. The molecule has 0 bridgehead atoms. The van der Waals surface area contributed by atoms with Crippen LogP contribution in [0.5, 0.6) is 0 Å². The maximum atomic E-state index is 5.36. The number of nitrogens with two attached hydrogens (primary N) is 1. The summed E-state index contributed by atoms with van der Waals surface area (Å²) in [7, 11) is 0. The van der Waals surface area contributed by atoms with Crippen LogP contribution in [0.4, 0.5) is 0 Å². The Labute approximate surface area is 100 Å². The fourth-order valence-electron chi connectivity index (χ4n) is 1.14. The van der Waals surface area contributed by atoms with Crippen LogP contribution >= 0.6 is 11.3 Å². The Hall–Kier alpha value is -1.14. The third-order valence-electron chi connectivity index (χ3n) is 1.88. The monoisotopic (exact) mass is 241 g/mol. The van der Waals surface area contributed by atoms with Gasteiger partial charge in [0, 0.05) is 17.1 Å². The van der Waals surface area contributed by atoms with Crippen LogP contribution in [-0.4, -0.2) is 17.0 Å². The Kier molecular flexibility index (Phi) is 5.21. The average molecular weight is 241 g/mol. The summed E-state index contributed by atoms with van der Waals surface area (Å²) >= 11 is 1.69. The first-order valence-electron chi connectivity index (χ1n) is 5.36. The molecule has 0 saturated carbocycles. The fourth-order valence-corrected chi connectivity index (χ4v) is 1.92. The van der Waals surface area contributed by atoms with Crippen LogP contribution in [0.25, 0.3) is 0 Å². The van der Waals surface area contributed by atoms with Crippen molar-refractivity contribution in [3.63, 3.8) is 0 Å². The molecule has 0 radical (unpaired) electrons. The molecule has 0 amide bonds. The highest BCUT2D eigenvalue weighted by molar-refractivity contribution is 7.11. The number of nitrogens with one attached hydrogen (secondary N) is 2. The van der Waals surface area contributed by atoms with E-state index in [1.54, 1.807) is 11.3 Å². The minimum Gasteiger partial charge on any atom is -0.353 e. The molecule has 0 atom stereocenters. The maximum Gasteiger partial charge on any atom is 0.206 e. The van der Waals surface area contributed by atoms with Crippen LogP contribution in [-0.2, 0) is 13.0 Å². The van der Waals surface area contributed by atoms with E-state index < -0.39 is 0 Å². The van der Waals surface area contributed by atoms with Crippen molar-refractivity contribution >= 4 is 17.3 Å². The molecule has 4 N–H and O–H groups in total. The van der Waals surface area contributed by atoms with E-state index in [4.69, 9.17) is 5.84 Å². The summed E-state index contributed by atoms with van der Waals surface area (Å²) in [6.07, 6.45) is 2.93. The predicted octanol–water partition coefficient (Wildman–Crippen LogP) is 1.02.